The molecule has 9 heavy (non-hydrogen) atoms. The number of nitrogens with one attached hydrogen (secondary N) is 1. The molecule has 52 valence electrons. The van der Waals surface area contributed by atoms with Crippen LogP contribution in [0, 0.1) is 0 Å². The van der Waals surface area contributed by atoms with Crippen LogP contribution in [0.15, 0.2) is 12.2 Å². The molecule has 0 amide bonds. The summed E-state index contributed by atoms with van der Waals surface area (Å²) in [6.45, 7) is 1.10. The fourth-order valence-corrected chi connectivity index (χ4v) is 1.51. The Hall–Kier alpha value is -0.0100. The Balaban J connectivity index is 0.000000405. The standard InChI is InChI=1S/C7H11N.ClH/c1-3-7(4-1)5-2-6-8-7;/h2,5,8H,1,3-4,6H2;1H. The molecular weight excluding hydrogens is 134 g/mol. The zero-order chi connectivity index (χ0) is 5.45. The molecule has 1 spiro atoms. The summed E-state index contributed by atoms with van der Waals surface area (Å²) in [7, 11) is 0. The quantitative estimate of drug-likeness (QED) is 0.510. The summed E-state index contributed by atoms with van der Waals surface area (Å²) in [5.74, 6) is 0. The summed E-state index contributed by atoms with van der Waals surface area (Å²) < 4.78 is 0. The highest BCUT2D eigenvalue weighted by Gasteiger charge is 2.35. The average Bonchev–Trinajstić information content (AvgIpc) is 2.07. The molecule has 0 saturated heterocycles. The topological polar surface area (TPSA) is 12.0 Å². The second-order valence-corrected chi connectivity index (χ2v) is 2.79. The highest BCUT2D eigenvalue weighted by Crippen LogP contribution is 2.34. The average molecular weight is 146 g/mol. The fourth-order valence-electron chi connectivity index (χ4n) is 1.51. The smallest absolute Gasteiger partial charge is 0.0367 e. The third kappa shape index (κ3) is 0.993. The van der Waals surface area contributed by atoms with Crippen molar-refractivity contribution in [2.24, 2.45) is 0 Å². The first kappa shape index (κ1) is 7.10. The maximum Gasteiger partial charge on any atom is 0.0367 e. The van der Waals surface area contributed by atoms with Crippen LogP contribution >= 0.6 is 12.4 Å². The molecule has 0 atom stereocenters. The molecule has 1 N–H and O–H groups in total. The lowest BCUT2D eigenvalue weighted by molar-refractivity contribution is 0.268. The number of halogens is 1. The van der Waals surface area contributed by atoms with Crippen LogP contribution in [0.25, 0.3) is 0 Å². The van der Waals surface area contributed by atoms with E-state index in [4.69, 9.17) is 0 Å². The van der Waals surface area contributed by atoms with Crippen molar-refractivity contribution in [2.75, 3.05) is 6.54 Å². The van der Waals surface area contributed by atoms with E-state index >= 15 is 0 Å². The monoisotopic (exact) mass is 145 g/mol. The molecule has 1 aliphatic heterocycles. The minimum atomic E-state index is 0. The van der Waals surface area contributed by atoms with Crippen LogP contribution in [-0.2, 0) is 0 Å². The van der Waals surface area contributed by atoms with E-state index in [0.29, 0.717) is 5.54 Å². The first-order valence-corrected chi connectivity index (χ1v) is 3.34. The van der Waals surface area contributed by atoms with Crippen molar-refractivity contribution < 1.29 is 0 Å². The van der Waals surface area contributed by atoms with Gasteiger partial charge < -0.3 is 5.32 Å². The van der Waals surface area contributed by atoms with E-state index in [2.05, 4.69) is 17.5 Å². The van der Waals surface area contributed by atoms with Gasteiger partial charge in [0.2, 0.25) is 0 Å². The zero-order valence-electron chi connectivity index (χ0n) is 5.39. The van der Waals surface area contributed by atoms with Crippen molar-refractivity contribution in [2.45, 2.75) is 24.8 Å². The molecule has 0 aromatic carbocycles. The van der Waals surface area contributed by atoms with Crippen LogP contribution in [-0.4, -0.2) is 12.1 Å². The van der Waals surface area contributed by atoms with E-state index in [9.17, 15) is 0 Å². The minimum absolute atomic E-state index is 0. The Kier molecular flexibility index (Phi) is 1.83. The van der Waals surface area contributed by atoms with Crippen molar-refractivity contribution in [3.63, 3.8) is 0 Å². The molecule has 0 unspecified atom stereocenters. The van der Waals surface area contributed by atoms with Crippen molar-refractivity contribution in [3.05, 3.63) is 12.2 Å². The maximum absolute atomic E-state index is 3.46. The summed E-state index contributed by atoms with van der Waals surface area (Å²) in [5.41, 5.74) is 0.486. The van der Waals surface area contributed by atoms with Gasteiger partial charge in [-0.05, 0) is 19.3 Å². The third-order valence-corrected chi connectivity index (χ3v) is 2.25. The SMILES string of the molecule is C1=CC2(CCC2)NC1.Cl. The summed E-state index contributed by atoms with van der Waals surface area (Å²) in [4.78, 5) is 0. The highest BCUT2D eigenvalue weighted by atomic mass is 35.5. The summed E-state index contributed by atoms with van der Waals surface area (Å²) in [6.07, 6.45) is 8.71. The normalized spacial score (nSPS) is 27.6. The fraction of sp³-hybridized carbons (Fsp3) is 0.714. The molecule has 2 rings (SSSR count). The number of hydrogen-bond acceptors (Lipinski definition) is 1. The molecule has 2 heteroatoms. The minimum Gasteiger partial charge on any atom is -0.304 e. The van der Waals surface area contributed by atoms with Crippen LogP contribution < -0.4 is 5.32 Å². The molecule has 1 nitrogen and oxygen atoms in total. The zero-order valence-corrected chi connectivity index (χ0v) is 6.21. The second-order valence-electron chi connectivity index (χ2n) is 2.79. The van der Waals surface area contributed by atoms with Crippen LogP contribution in [0.4, 0.5) is 0 Å². The molecule has 2 aliphatic rings. The molecule has 1 saturated carbocycles. The van der Waals surface area contributed by atoms with Crippen LogP contribution in [0.5, 0.6) is 0 Å². The van der Waals surface area contributed by atoms with E-state index in [0.717, 1.165) is 6.54 Å². The van der Waals surface area contributed by atoms with Gasteiger partial charge >= 0.3 is 0 Å². The van der Waals surface area contributed by atoms with Crippen LogP contribution in [0.3, 0.4) is 0 Å². The summed E-state index contributed by atoms with van der Waals surface area (Å²) >= 11 is 0. The maximum atomic E-state index is 3.46. The Bertz CT molecular complexity index is 127. The Labute approximate surface area is 61.9 Å². The summed E-state index contributed by atoms with van der Waals surface area (Å²) in [5, 5.41) is 3.46. The van der Waals surface area contributed by atoms with E-state index in [1.165, 1.54) is 19.3 Å². The van der Waals surface area contributed by atoms with E-state index in [1.807, 2.05) is 0 Å². The first-order valence-electron chi connectivity index (χ1n) is 3.34. The Morgan fingerprint density at radius 2 is 2.11 bits per heavy atom. The molecule has 1 heterocycles. The van der Waals surface area contributed by atoms with Crippen LogP contribution in [0.1, 0.15) is 19.3 Å². The van der Waals surface area contributed by atoms with Gasteiger partial charge in [0.05, 0.1) is 0 Å². The van der Waals surface area contributed by atoms with Crippen molar-refractivity contribution in [3.8, 4) is 0 Å². The van der Waals surface area contributed by atoms with E-state index in [1.54, 1.807) is 0 Å². The highest BCUT2D eigenvalue weighted by molar-refractivity contribution is 5.85. The van der Waals surface area contributed by atoms with Gasteiger partial charge in [0.1, 0.15) is 0 Å². The lowest BCUT2D eigenvalue weighted by atomic mass is 9.78. The van der Waals surface area contributed by atoms with Gasteiger partial charge in [-0.25, -0.2) is 0 Å². The van der Waals surface area contributed by atoms with E-state index < -0.39 is 0 Å². The van der Waals surface area contributed by atoms with Crippen molar-refractivity contribution in [1.29, 1.82) is 0 Å². The van der Waals surface area contributed by atoms with Crippen LogP contribution in [0.2, 0.25) is 0 Å². The Morgan fingerprint density at radius 3 is 2.33 bits per heavy atom. The Morgan fingerprint density at radius 1 is 1.33 bits per heavy atom. The van der Waals surface area contributed by atoms with Gasteiger partial charge in [-0.3, -0.25) is 0 Å². The molecule has 0 radical (unpaired) electrons. The van der Waals surface area contributed by atoms with Gasteiger partial charge in [0, 0.05) is 12.1 Å². The van der Waals surface area contributed by atoms with Crippen molar-refractivity contribution >= 4 is 12.4 Å². The van der Waals surface area contributed by atoms with Gasteiger partial charge in [-0.2, -0.15) is 0 Å². The predicted octanol–water partition coefficient (Wildman–Crippen LogP) is 1.49. The largest absolute Gasteiger partial charge is 0.304 e. The van der Waals surface area contributed by atoms with Gasteiger partial charge in [0.15, 0.2) is 0 Å². The second kappa shape index (κ2) is 2.31. The lowest BCUT2D eigenvalue weighted by Crippen LogP contribution is -2.45. The predicted molar refractivity (Wildman–Crippen MR) is 41.0 cm³/mol. The number of rotatable bonds is 0. The van der Waals surface area contributed by atoms with Crippen molar-refractivity contribution in [1.82, 2.24) is 5.32 Å². The van der Waals surface area contributed by atoms with Gasteiger partial charge in [-0.1, -0.05) is 12.2 Å². The lowest BCUT2D eigenvalue weighted by Gasteiger charge is -2.37. The van der Waals surface area contributed by atoms with Gasteiger partial charge in [-0.15, -0.1) is 12.4 Å². The van der Waals surface area contributed by atoms with E-state index in [-0.39, 0.29) is 12.4 Å². The number of hydrogen-bond donors (Lipinski definition) is 1. The third-order valence-electron chi connectivity index (χ3n) is 2.25. The van der Waals surface area contributed by atoms with Gasteiger partial charge in [0.25, 0.3) is 0 Å². The molecular formula is C7H12ClN. The molecule has 1 aliphatic carbocycles. The first-order chi connectivity index (χ1) is 3.91. The molecule has 1 fully saturated rings. The summed E-state index contributed by atoms with van der Waals surface area (Å²) in [6, 6.07) is 0. The molecule has 0 bridgehead atoms. The molecule has 0 aromatic rings. The molecule has 0 aromatic heterocycles.